The maximum atomic E-state index is 12.1. The molecule has 2 aromatic carbocycles. The number of aryl methyl sites for hydroxylation is 2. The van der Waals surface area contributed by atoms with Crippen molar-refractivity contribution in [2.45, 2.75) is 26.7 Å². The molecule has 0 spiro atoms. The van der Waals surface area contributed by atoms with Gasteiger partial charge in [-0.25, -0.2) is 0 Å². The van der Waals surface area contributed by atoms with Crippen molar-refractivity contribution >= 4 is 23.2 Å². The van der Waals surface area contributed by atoms with Gasteiger partial charge in [-0.3, -0.25) is 9.59 Å². The molecule has 22 heavy (non-hydrogen) atoms. The van der Waals surface area contributed by atoms with Crippen molar-refractivity contribution in [3.63, 3.8) is 0 Å². The van der Waals surface area contributed by atoms with E-state index in [0.717, 1.165) is 23.2 Å². The number of anilines is 2. The molecule has 2 aromatic rings. The maximum Gasteiger partial charge on any atom is 0.233 e. The molecular weight excluding hydrogens is 276 g/mol. The summed E-state index contributed by atoms with van der Waals surface area (Å²) in [6, 6.07) is 15.0. The molecule has 0 atom stereocenters. The van der Waals surface area contributed by atoms with Crippen molar-refractivity contribution in [1.29, 1.82) is 0 Å². The van der Waals surface area contributed by atoms with E-state index in [1.165, 1.54) is 0 Å². The molecule has 0 aliphatic heterocycles. The predicted molar refractivity (Wildman–Crippen MR) is 88.9 cm³/mol. The Hall–Kier alpha value is -2.62. The largest absolute Gasteiger partial charge is 0.326 e. The topological polar surface area (TPSA) is 58.2 Å². The Morgan fingerprint density at radius 3 is 2.27 bits per heavy atom. The summed E-state index contributed by atoms with van der Waals surface area (Å²) in [6.45, 7) is 3.98. The van der Waals surface area contributed by atoms with Gasteiger partial charge in [0.2, 0.25) is 11.8 Å². The summed E-state index contributed by atoms with van der Waals surface area (Å²) >= 11 is 0. The summed E-state index contributed by atoms with van der Waals surface area (Å²) in [5.74, 6) is -0.632. The van der Waals surface area contributed by atoms with Crippen LogP contribution in [-0.2, 0) is 16.0 Å². The number of hydrogen-bond donors (Lipinski definition) is 2. The molecule has 2 rings (SSSR count). The molecular formula is C18H20N2O2. The third kappa shape index (κ3) is 4.19. The second-order valence-electron chi connectivity index (χ2n) is 5.10. The first-order valence-electron chi connectivity index (χ1n) is 7.33. The van der Waals surface area contributed by atoms with Gasteiger partial charge in [0.15, 0.2) is 0 Å². The Labute approximate surface area is 130 Å². The van der Waals surface area contributed by atoms with Crippen LogP contribution in [0.4, 0.5) is 11.4 Å². The van der Waals surface area contributed by atoms with Crippen LogP contribution in [0.5, 0.6) is 0 Å². The van der Waals surface area contributed by atoms with Crippen LogP contribution in [0.15, 0.2) is 48.5 Å². The zero-order valence-electron chi connectivity index (χ0n) is 12.8. The second kappa shape index (κ2) is 7.41. The van der Waals surface area contributed by atoms with Gasteiger partial charge in [-0.2, -0.15) is 0 Å². The molecule has 0 aromatic heterocycles. The van der Waals surface area contributed by atoms with Crippen LogP contribution in [0.1, 0.15) is 24.5 Å². The van der Waals surface area contributed by atoms with Crippen LogP contribution in [0.25, 0.3) is 0 Å². The Morgan fingerprint density at radius 2 is 1.59 bits per heavy atom. The lowest BCUT2D eigenvalue weighted by atomic mass is 10.1. The van der Waals surface area contributed by atoms with Crippen molar-refractivity contribution in [3.05, 3.63) is 59.7 Å². The highest BCUT2D eigenvalue weighted by Gasteiger charge is 2.12. The van der Waals surface area contributed by atoms with Gasteiger partial charge in [0, 0.05) is 11.4 Å². The fourth-order valence-corrected chi connectivity index (χ4v) is 2.26. The van der Waals surface area contributed by atoms with E-state index in [1.54, 1.807) is 12.1 Å². The minimum absolute atomic E-state index is 0.202. The summed E-state index contributed by atoms with van der Waals surface area (Å²) in [6.07, 6.45) is 0.625. The number of para-hydroxylation sites is 2. The summed E-state index contributed by atoms with van der Waals surface area (Å²) in [5, 5.41) is 5.55. The Balaban J connectivity index is 1.97. The summed E-state index contributed by atoms with van der Waals surface area (Å²) in [5.41, 5.74) is 3.56. The van der Waals surface area contributed by atoms with Crippen LogP contribution in [-0.4, -0.2) is 11.8 Å². The van der Waals surface area contributed by atoms with E-state index >= 15 is 0 Å². The van der Waals surface area contributed by atoms with Crippen molar-refractivity contribution in [2.24, 2.45) is 0 Å². The van der Waals surface area contributed by atoms with Crippen molar-refractivity contribution < 1.29 is 9.59 Å². The number of hydrogen-bond acceptors (Lipinski definition) is 2. The van der Waals surface area contributed by atoms with E-state index in [9.17, 15) is 9.59 Å². The molecule has 0 bridgehead atoms. The second-order valence-corrected chi connectivity index (χ2v) is 5.10. The van der Waals surface area contributed by atoms with E-state index in [-0.39, 0.29) is 18.2 Å². The first-order chi connectivity index (χ1) is 10.6. The molecule has 114 valence electrons. The molecule has 0 unspecified atom stereocenters. The third-order valence-electron chi connectivity index (χ3n) is 3.38. The zero-order valence-corrected chi connectivity index (χ0v) is 12.8. The minimum Gasteiger partial charge on any atom is -0.326 e. The van der Waals surface area contributed by atoms with Gasteiger partial charge in [-0.1, -0.05) is 43.3 Å². The summed E-state index contributed by atoms with van der Waals surface area (Å²) < 4.78 is 0. The van der Waals surface area contributed by atoms with Crippen molar-refractivity contribution in [1.82, 2.24) is 0 Å². The molecule has 0 radical (unpaired) electrons. The highest BCUT2D eigenvalue weighted by Crippen LogP contribution is 2.21. The average molecular weight is 296 g/mol. The number of rotatable bonds is 5. The van der Waals surface area contributed by atoms with E-state index < -0.39 is 0 Å². The molecule has 0 fully saturated rings. The molecule has 4 nitrogen and oxygen atoms in total. The molecule has 0 saturated carbocycles. The predicted octanol–water partition coefficient (Wildman–Crippen LogP) is 3.52. The fraction of sp³-hybridized carbons (Fsp3) is 0.222. The first kappa shape index (κ1) is 15.8. The number of amides is 2. The Kier molecular flexibility index (Phi) is 5.31. The van der Waals surface area contributed by atoms with Crippen molar-refractivity contribution in [2.75, 3.05) is 10.6 Å². The van der Waals surface area contributed by atoms with E-state index in [4.69, 9.17) is 0 Å². The Morgan fingerprint density at radius 1 is 0.909 bits per heavy atom. The smallest absolute Gasteiger partial charge is 0.233 e. The molecule has 0 aliphatic rings. The normalized spacial score (nSPS) is 10.1. The molecule has 0 aliphatic carbocycles. The zero-order chi connectivity index (χ0) is 15.9. The van der Waals surface area contributed by atoms with Crippen LogP contribution in [0.2, 0.25) is 0 Å². The summed E-state index contributed by atoms with van der Waals surface area (Å²) in [4.78, 5) is 23.9. The number of carbonyl (C=O) groups excluding carboxylic acids is 2. The van der Waals surface area contributed by atoms with E-state index in [2.05, 4.69) is 10.6 Å². The quantitative estimate of drug-likeness (QED) is 0.829. The van der Waals surface area contributed by atoms with Crippen LogP contribution >= 0.6 is 0 Å². The monoisotopic (exact) mass is 296 g/mol. The Bertz CT molecular complexity index is 666. The molecule has 0 saturated heterocycles. The highest BCUT2D eigenvalue weighted by atomic mass is 16.2. The lowest BCUT2D eigenvalue weighted by Crippen LogP contribution is -2.22. The SMILES string of the molecule is CCc1cccc(C)c1NC(=O)CC(=O)Nc1ccccc1. The van der Waals surface area contributed by atoms with Gasteiger partial charge in [0.1, 0.15) is 6.42 Å². The highest BCUT2D eigenvalue weighted by molar-refractivity contribution is 6.08. The van der Waals surface area contributed by atoms with Gasteiger partial charge < -0.3 is 10.6 Å². The van der Waals surface area contributed by atoms with E-state index in [1.807, 2.05) is 50.2 Å². The lowest BCUT2D eigenvalue weighted by Gasteiger charge is -2.13. The standard InChI is InChI=1S/C18H20N2O2/c1-3-14-9-7-8-13(2)18(14)20-17(22)12-16(21)19-15-10-5-4-6-11-15/h4-11H,3,12H2,1-2H3,(H,19,21)(H,20,22). The van der Waals surface area contributed by atoms with Crippen LogP contribution in [0.3, 0.4) is 0 Å². The molecule has 2 N–H and O–H groups in total. The van der Waals surface area contributed by atoms with Crippen molar-refractivity contribution in [3.8, 4) is 0 Å². The van der Waals surface area contributed by atoms with Crippen LogP contribution < -0.4 is 10.6 Å². The maximum absolute atomic E-state index is 12.1. The molecule has 0 heterocycles. The molecule has 2 amide bonds. The fourth-order valence-electron chi connectivity index (χ4n) is 2.26. The number of benzene rings is 2. The first-order valence-corrected chi connectivity index (χ1v) is 7.33. The van der Waals surface area contributed by atoms with Gasteiger partial charge in [0.05, 0.1) is 0 Å². The van der Waals surface area contributed by atoms with Gasteiger partial charge in [-0.15, -0.1) is 0 Å². The minimum atomic E-state index is -0.324. The number of nitrogens with one attached hydrogen (secondary N) is 2. The summed E-state index contributed by atoms with van der Waals surface area (Å²) in [7, 11) is 0. The van der Waals surface area contributed by atoms with Gasteiger partial charge in [-0.05, 0) is 36.6 Å². The number of carbonyl (C=O) groups is 2. The van der Waals surface area contributed by atoms with Crippen LogP contribution in [0, 0.1) is 6.92 Å². The lowest BCUT2D eigenvalue weighted by molar-refractivity contribution is -0.123. The van der Waals surface area contributed by atoms with Gasteiger partial charge >= 0.3 is 0 Å². The van der Waals surface area contributed by atoms with E-state index in [0.29, 0.717) is 5.69 Å². The third-order valence-corrected chi connectivity index (χ3v) is 3.38. The van der Waals surface area contributed by atoms with Gasteiger partial charge in [0.25, 0.3) is 0 Å². The average Bonchev–Trinajstić information content (AvgIpc) is 2.50. The molecule has 4 heteroatoms.